The summed E-state index contributed by atoms with van der Waals surface area (Å²) in [6.45, 7) is 7.82. The summed E-state index contributed by atoms with van der Waals surface area (Å²) in [7, 11) is 0. The molecule has 2 N–H and O–H groups in total. The number of alkyl carbamates (subject to hydrolysis) is 1. The van der Waals surface area contributed by atoms with Crippen LogP contribution in [0.15, 0.2) is 15.9 Å². The van der Waals surface area contributed by atoms with Gasteiger partial charge >= 0.3 is 6.09 Å². The normalized spacial score (nSPS) is 23.3. The van der Waals surface area contributed by atoms with Crippen molar-refractivity contribution in [2.75, 3.05) is 0 Å². The number of ether oxygens (including phenoxy) is 1. The fraction of sp³-hybridized carbons (Fsp3) is 0.688. The molecule has 0 saturated heterocycles. The van der Waals surface area contributed by atoms with E-state index in [1.54, 1.807) is 11.3 Å². The van der Waals surface area contributed by atoms with Crippen LogP contribution in [0.25, 0.3) is 0 Å². The lowest BCUT2D eigenvalue weighted by Gasteiger charge is -2.27. The van der Waals surface area contributed by atoms with Gasteiger partial charge in [0.15, 0.2) is 0 Å². The highest BCUT2D eigenvalue weighted by atomic mass is 79.9. The van der Waals surface area contributed by atoms with E-state index in [-0.39, 0.29) is 18.2 Å². The average molecular weight is 389 g/mol. The van der Waals surface area contributed by atoms with Gasteiger partial charge < -0.3 is 15.4 Å². The molecule has 1 amide bonds. The Labute approximate surface area is 145 Å². The molecule has 1 fully saturated rings. The van der Waals surface area contributed by atoms with E-state index in [4.69, 9.17) is 4.74 Å². The lowest BCUT2D eigenvalue weighted by molar-refractivity contribution is 0.0497. The molecule has 0 aromatic carbocycles. The fourth-order valence-corrected chi connectivity index (χ4v) is 4.19. The summed E-state index contributed by atoms with van der Waals surface area (Å²) in [6.07, 6.45) is 2.88. The van der Waals surface area contributed by atoms with Crippen molar-refractivity contribution in [1.82, 2.24) is 10.6 Å². The van der Waals surface area contributed by atoms with Gasteiger partial charge in [0, 0.05) is 23.0 Å². The Morgan fingerprint density at radius 3 is 2.64 bits per heavy atom. The van der Waals surface area contributed by atoms with E-state index in [2.05, 4.69) is 45.6 Å². The van der Waals surface area contributed by atoms with Crippen molar-refractivity contribution in [2.24, 2.45) is 0 Å². The second-order valence-corrected chi connectivity index (χ2v) is 9.31. The minimum atomic E-state index is -0.456. The molecule has 0 bridgehead atoms. The number of carbonyl (C=O) groups excluding carboxylic acids is 1. The molecule has 22 heavy (non-hydrogen) atoms. The Bertz CT molecular complexity index is 512. The van der Waals surface area contributed by atoms with Gasteiger partial charge in [-0.15, -0.1) is 11.3 Å². The Morgan fingerprint density at radius 2 is 2.05 bits per heavy atom. The van der Waals surface area contributed by atoms with E-state index in [1.165, 1.54) is 4.88 Å². The minimum Gasteiger partial charge on any atom is -0.444 e. The van der Waals surface area contributed by atoms with Crippen molar-refractivity contribution >= 4 is 33.4 Å². The SMILES string of the molecule is CC(NC1CCCC1NC(=O)OC(C)(C)C)c1ccc(Br)s1. The lowest BCUT2D eigenvalue weighted by Crippen LogP contribution is -2.48. The van der Waals surface area contributed by atoms with Crippen LogP contribution in [0.5, 0.6) is 0 Å². The largest absolute Gasteiger partial charge is 0.444 e. The first-order chi connectivity index (χ1) is 10.2. The zero-order valence-electron chi connectivity index (χ0n) is 13.6. The number of carbonyl (C=O) groups is 1. The minimum absolute atomic E-state index is 0.140. The van der Waals surface area contributed by atoms with E-state index < -0.39 is 5.60 Å². The summed E-state index contributed by atoms with van der Waals surface area (Å²) in [5.41, 5.74) is -0.456. The maximum atomic E-state index is 12.0. The number of amides is 1. The van der Waals surface area contributed by atoms with Crippen LogP contribution in [-0.2, 0) is 4.74 Å². The molecule has 1 aliphatic carbocycles. The second kappa shape index (κ2) is 7.32. The predicted octanol–water partition coefficient (Wildman–Crippen LogP) is 4.61. The molecule has 0 aliphatic heterocycles. The summed E-state index contributed by atoms with van der Waals surface area (Å²) in [4.78, 5) is 13.3. The molecule has 1 aliphatic rings. The number of hydrogen-bond acceptors (Lipinski definition) is 4. The highest BCUT2D eigenvalue weighted by Crippen LogP contribution is 2.29. The summed E-state index contributed by atoms with van der Waals surface area (Å²) < 4.78 is 6.50. The number of hydrogen-bond donors (Lipinski definition) is 2. The number of rotatable bonds is 4. The molecule has 3 unspecified atom stereocenters. The van der Waals surface area contributed by atoms with Crippen molar-refractivity contribution in [1.29, 1.82) is 0 Å². The first-order valence-electron chi connectivity index (χ1n) is 7.75. The fourth-order valence-electron chi connectivity index (χ4n) is 2.76. The Hall–Kier alpha value is -0.590. The van der Waals surface area contributed by atoms with Gasteiger partial charge in [-0.05, 0) is 75.0 Å². The molecule has 1 heterocycles. The first kappa shape index (κ1) is 17.8. The highest BCUT2D eigenvalue weighted by molar-refractivity contribution is 9.11. The zero-order valence-corrected chi connectivity index (χ0v) is 16.0. The van der Waals surface area contributed by atoms with Crippen molar-refractivity contribution < 1.29 is 9.53 Å². The summed E-state index contributed by atoms with van der Waals surface area (Å²) in [6, 6.07) is 4.92. The van der Waals surface area contributed by atoms with Crippen LogP contribution in [0.1, 0.15) is 57.9 Å². The Morgan fingerprint density at radius 1 is 1.36 bits per heavy atom. The molecule has 6 heteroatoms. The van der Waals surface area contributed by atoms with E-state index in [9.17, 15) is 4.79 Å². The molecule has 3 atom stereocenters. The van der Waals surface area contributed by atoms with Crippen LogP contribution in [0.2, 0.25) is 0 Å². The molecule has 0 spiro atoms. The smallest absolute Gasteiger partial charge is 0.407 e. The Balaban J connectivity index is 1.89. The van der Waals surface area contributed by atoms with Crippen molar-refractivity contribution in [3.05, 3.63) is 20.8 Å². The van der Waals surface area contributed by atoms with Gasteiger partial charge in [0.1, 0.15) is 5.60 Å². The molecular formula is C16H25BrN2O2S. The maximum Gasteiger partial charge on any atom is 0.407 e. The molecule has 4 nitrogen and oxygen atoms in total. The molecule has 0 radical (unpaired) electrons. The van der Waals surface area contributed by atoms with Gasteiger partial charge in [0.2, 0.25) is 0 Å². The summed E-state index contributed by atoms with van der Waals surface area (Å²) >= 11 is 5.25. The standard InChI is InChI=1S/C16H25BrN2O2S/c1-10(13-8-9-14(17)22-13)18-11-6-5-7-12(11)19-15(20)21-16(2,3)4/h8-12,18H,5-7H2,1-4H3,(H,19,20). The van der Waals surface area contributed by atoms with E-state index in [0.29, 0.717) is 6.04 Å². The van der Waals surface area contributed by atoms with E-state index >= 15 is 0 Å². The molecule has 1 aromatic rings. The first-order valence-corrected chi connectivity index (χ1v) is 9.36. The lowest BCUT2D eigenvalue weighted by atomic mass is 10.1. The highest BCUT2D eigenvalue weighted by Gasteiger charge is 2.31. The van der Waals surface area contributed by atoms with Gasteiger partial charge in [-0.1, -0.05) is 0 Å². The molecule has 124 valence electrons. The topological polar surface area (TPSA) is 50.4 Å². The molecular weight excluding hydrogens is 364 g/mol. The van der Waals surface area contributed by atoms with Crippen LogP contribution < -0.4 is 10.6 Å². The number of nitrogens with one attached hydrogen (secondary N) is 2. The third kappa shape index (κ3) is 5.25. The van der Waals surface area contributed by atoms with Crippen molar-refractivity contribution in [2.45, 2.75) is 70.7 Å². The monoisotopic (exact) mass is 388 g/mol. The third-order valence-electron chi connectivity index (χ3n) is 3.70. The molecule has 1 aromatic heterocycles. The zero-order chi connectivity index (χ0) is 16.3. The quantitative estimate of drug-likeness (QED) is 0.791. The number of thiophene rings is 1. The third-order valence-corrected chi connectivity index (χ3v) is 5.51. The second-order valence-electron chi connectivity index (χ2n) is 6.82. The van der Waals surface area contributed by atoms with Crippen LogP contribution in [-0.4, -0.2) is 23.8 Å². The van der Waals surface area contributed by atoms with Crippen LogP contribution in [0, 0.1) is 0 Å². The average Bonchev–Trinajstić information content (AvgIpc) is 2.97. The molecule has 1 saturated carbocycles. The Kier molecular flexibility index (Phi) is 5.91. The molecule has 2 rings (SSSR count). The van der Waals surface area contributed by atoms with E-state index in [0.717, 1.165) is 23.0 Å². The van der Waals surface area contributed by atoms with Crippen molar-refractivity contribution in [3.63, 3.8) is 0 Å². The van der Waals surface area contributed by atoms with Crippen molar-refractivity contribution in [3.8, 4) is 0 Å². The summed E-state index contributed by atoms with van der Waals surface area (Å²) in [5.74, 6) is 0. The van der Waals surface area contributed by atoms with Gasteiger partial charge in [-0.3, -0.25) is 0 Å². The van der Waals surface area contributed by atoms with Gasteiger partial charge in [0.25, 0.3) is 0 Å². The van der Waals surface area contributed by atoms with E-state index in [1.807, 2.05) is 20.8 Å². The van der Waals surface area contributed by atoms with Crippen LogP contribution in [0.4, 0.5) is 4.79 Å². The predicted molar refractivity (Wildman–Crippen MR) is 94.4 cm³/mol. The van der Waals surface area contributed by atoms with Gasteiger partial charge in [-0.25, -0.2) is 4.79 Å². The number of halogens is 1. The summed E-state index contributed by atoms with van der Waals surface area (Å²) in [5, 5.41) is 6.66. The maximum absolute atomic E-state index is 12.0. The van der Waals surface area contributed by atoms with Crippen LogP contribution in [0.3, 0.4) is 0 Å². The van der Waals surface area contributed by atoms with Gasteiger partial charge in [-0.2, -0.15) is 0 Å². The van der Waals surface area contributed by atoms with Gasteiger partial charge in [0.05, 0.1) is 3.79 Å². The van der Waals surface area contributed by atoms with Crippen LogP contribution >= 0.6 is 27.3 Å².